The summed E-state index contributed by atoms with van der Waals surface area (Å²) < 4.78 is 0. The predicted molar refractivity (Wildman–Crippen MR) is 108 cm³/mol. The molecule has 0 saturated carbocycles. The van der Waals surface area contributed by atoms with Gasteiger partial charge in [-0.25, -0.2) is 0 Å². The molecule has 0 aliphatic carbocycles. The van der Waals surface area contributed by atoms with Crippen molar-refractivity contribution in [3.05, 3.63) is 48.6 Å². The maximum Gasteiger partial charge on any atom is 0.0138 e. The lowest BCUT2D eigenvalue weighted by Gasteiger charge is -1.98. The molecular weight excluding hydrogens is 298 g/mol. The van der Waals surface area contributed by atoms with Gasteiger partial charge in [-0.3, -0.25) is 0 Å². The molecule has 0 saturated heterocycles. The minimum absolute atomic E-state index is 0.905. The molecule has 0 fully saturated rings. The lowest BCUT2D eigenvalue weighted by molar-refractivity contribution is 0.790. The van der Waals surface area contributed by atoms with Crippen molar-refractivity contribution in [2.24, 2.45) is 0 Å². The van der Waals surface area contributed by atoms with Crippen molar-refractivity contribution in [3.8, 4) is 0 Å². The molecule has 0 heterocycles. The van der Waals surface area contributed by atoms with Gasteiger partial charge in [-0.05, 0) is 13.6 Å². The molecule has 0 radical (unpaired) electrons. The van der Waals surface area contributed by atoms with E-state index in [0.717, 1.165) is 58.9 Å². The number of likely N-dealkylation sites (N-methyl/N-ethyl adjacent to an activating group) is 2. The zero-order valence-corrected chi connectivity index (χ0v) is 15.5. The van der Waals surface area contributed by atoms with Crippen molar-refractivity contribution in [1.82, 2.24) is 26.6 Å². The summed E-state index contributed by atoms with van der Waals surface area (Å²) in [5.41, 5.74) is 0. The van der Waals surface area contributed by atoms with Crippen LogP contribution in [0.15, 0.2) is 48.6 Å². The summed E-state index contributed by atoms with van der Waals surface area (Å²) in [6, 6.07) is 0. The molecule has 5 nitrogen and oxygen atoms in total. The van der Waals surface area contributed by atoms with Crippen LogP contribution >= 0.6 is 0 Å². The number of hydrogen-bond donors (Lipinski definition) is 5. The molecular formula is C19H37N5. The Morgan fingerprint density at radius 1 is 0.458 bits per heavy atom. The van der Waals surface area contributed by atoms with Crippen molar-refractivity contribution in [2.75, 3.05) is 66.0 Å². The van der Waals surface area contributed by atoms with Crippen molar-refractivity contribution >= 4 is 0 Å². The van der Waals surface area contributed by atoms with E-state index in [9.17, 15) is 0 Å². The van der Waals surface area contributed by atoms with Gasteiger partial charge in [0.25, 0.3) is 0 Å². The lowest BCUT2D eigenvalue weighted by atomic mass is 10.4. The minimum Gasteiger partial charge on any atom is -0.316 e. The third kappa shape index (κ3) is 20.8. The molecule has 0 aromatic carbocycles. The summed E-state index contributed by atoms with van der Waals surface area (Å²) in [6.45, 7) is 10.5. The van der Waals surface area contributed by atoms with E-state index < -0.39 is 0 Å². The molecule has 0 amide bonds. The first kappa shape index (κ1) is 22.8. The van der Waals surface area contributed by atoms with Gasteiger partial charge in [0.1, 0.15) is 0 Å². The summed E-state index contributed by atoms with van der Waals surface area (Å²) in [4.78, 5) is 0. The van der Waals surface area contributed by atoms with Crippen LogP contribution in [0.1, 0.15) is 6.92 Å². The summed E-state index contributed by atoms with van der Waals surface area (Å²) in [6.07, 6.45) is 17.2. The van der Waals surface area contributed by atoms with Gasteiger partial charge >= 0.3 is 0 Å². The largest absolute Gasteiger partial charge is 0.316 e. The van der Waals surface area contributed by atoms with E-state index >= 15 is 0 Å². The highest BCUT2D eigenvalue weighted by Gasteiger charge is 1.81. The van der Waals surface area contributed by atoms with Crippen LogP contribution in [0.25, 0.3) is 0 Å². The van der Waals surface area contributed by atoms with Gasteiger partial charge < -0.3 is 26.6 Å². The monoisotopic (exact) mass is 335 g/mol. The molecule has 138 valence electrons. The molecule has 5 heteroatoms. The Hall–Kier alpha value is -1.24. The lowest BCUT2D eigenvalue weighted by Crippen LogP contribution is -2.17. The molecule has 0 rings (SSSR count). The Morgan fingerprint density at radius 3 is 1.04 bits per heavy atom. The molecule has 0 spiro atoms. The average molecular weight is 336 g/mol. The highest BCUT2D eigenvalue weighted by molar-refractivity contribution is 4.92. The van der Waals surface area contributed by atoms with E-state index in [2.05, 4.69) is 82.1 Å². The van der Waals surface area contributed by atoms with E-state index in [1.807, 2.05) is 7.05 Å². The van der Waals surface area contributed by atoms with Crippen LogP contribution in [0.4, 0.5) is 0 Å². The second-order valence-electron chi connectivity index (χ2n) is 5.23. The maximum absolute atomic E-state index is 3.36. The Balaban J connectivity index is 3.25. The summed E-state index contributed by atoms with van der Waals surface area (Å²) in [5.74, 6) is 0. The second-order valence-corrected chi connectivity index (χ2v) is 5.23. The van der Waals surface area contributed by atoms with Crippen molar-refractivity contribution in [1.29, 1.82) is 0 Å². The van der Waals surface area contributed by atoms with Crippen molar-refractivity contribution in [3.63, 3.8) is 0 Å². The molecule has 0 atom stereocenters. The molecule has 0 aromatic heterocycles. The minimum atomic E-state index is 0.905. The van der Waals surface area contributed by atoms with Crippen molar-refractivity contribution < 1.29 is 0 Å². The number of nitrogens with one attached hydrogen (secondary N) is 5. The fraction of sp³-hybridized carbons (Fsp3) is 0.579. The van der Waals surface area contributed by atoms with Crippen LogP contribution in [-0.4, -0.2) is 66.0 Å². The Morgan fingerprint density at radius 2 is 0.750 bits per heavy atom. The molecule has 0 aliphatic rings. The Kier molecular flexibility index (Phi) is 20.6. The first-order chi connectivity index (χ1) is 11.9. The fourth-order valence-corrected chi connectivity index (χ4v) is 1.76. The molecule has 0 aromatic rings. The van der Waals surface area contributed by atoms with E-state index in [1.165, 1.54) is 0 Å². The quantitative estimate of drug-likeness (QED) is 0.201. The third-order valence-corrected chi connectivity index (χ3v) is 3.07. The highest BCUT2D eigenvalue weighted by Crippen LogP contribution is 1.75. The van der Waals surface area contributed by atoms with Gasteiger partial charge in [0.15, 0.2) is 0 Å². The van der Waals surface area contributed by atoms with Gasteiger partial charge in [-0.1, -0.05) is 55.5 Å². The van der Waals surface area contributed by atoms with Crippen LogP contribution in [0, 0.1) is 0 Å². The zero-order chi connectivity index (χ0) is 17.6. The van der Waals surface area contributed by atoms with Crippen LogP contribution in [0.2, 0.25) is 0 Å². The predicted octanol–water partition coefficient (Wildman–Crippen LogP) is 0.809. The summed E-state index contributed by atoms with van der Waals surface area (Å²) in [7, 11) is 1.95. The second kappa shape index (κ2) is 21.8. The highest BCUT2D eigenvalue weighted by atomic mass is 14.9. The fourth-order valence-electron chi connectivity index (χ4n) is 1.76. The molecule has 5 N–H and O–H groups in total. The van der Waals surface area contributed by atoms with E-state index in [-0.39, 0.29) is 0 Å². The summed E-state index contributed by atoms with van der Waals surface area (Å²) >= 11 is 0. The topological polar surface area (TPSA) is 60.1 Å². The first-order valence-corrected chi connectivity index (χ1v) is 8.99. The van der Waals surface area contributed by atoms with Gasteiger partial charge in [-0.15, -0.1) is 0 Å². The van der Waals surface area contributed by atoms with Crippen LogP contribution in [0.3, 0.4) is 0 Å². The van der Waals surface area contributed by atoms with E-state index in [4.69, 9.17) is 0 Å². The first-order valence-electron chi connectivity index (χ1n) is 8.99. The zero-order valence-electron chi connectivity index (χ0n) is 15.5. The molecule has 0 bridgehead atoms. The van der Waals surface area contributed by atoms with Crippen LogP contribution in [-0.2, 0) is 0 Å². The standard InChI is InChI=1S/C19H37N5/c1-3-21-13-6-7-15-23-17-10-11-19-24-18-9-8-16-22-14-5-4-12-20-2/h4-11,20-24H,3,12-19H2,1-2H3/b5-4-,7-6-,9-8-,11-10-. The Labute approximate surface area is 148 Å². The molecule has 0 unspecified atom stereocenters. The molecule has 0 aliphatic heterocycles. The van der Waals surface area contributed by atoms with Gasteiger partial charge in [-0.2, -0.15) is 0 Å². The van der Waals surface area contributed by atoms with E-state index in [0.29, 0.717) is 0 Å². The number of rotatable bonds is 17. The third-order valence-electron chi connectivity index (χ3n) is 3.07. The van der Waals surface area contributed by atoms with Crippen LogP contribution < -0.4 is 26.6 Å². The average Bonchev–Trinajstić information content (AvgIpc) is 2.60. The summed E-state index contributed by atoms with van der Waals surface area (Å²) in [5, 5.41) is 16.4. The van der Waals surface area contributed by atoms with Gasteiger partial charge in [0, 0.05) is 52.4 Å². The smallest absolute Gasteiger partial charge is 0.0138 e. The van der Waals surface area contributed by atoms with Gasteiger partial charge in [0.05, 0.1) is 0 Å². The van der Waals surface area contributed by atoms with Gasteiger partial charge in [0.2, 0.25) is 0 Å². The van der Waals surface area contributed by atoms with Crippen molar-refractivity contribution in [2.45, 2.75) is 6.92 Å². The van der Waals surface area contributed by atoms with Crippen LogP contribution in [0.5, 0.6) is 0 Å². The number of hydrogen-bond acceptors (Lipinski definition) is 5. The maximum atomic E-state index is 3.36. The normalized spacial score (nSPS) is 12.6. The SMILES string of the molecule is CCNC/C=C\CNC/C=C\CNC/C=C\CNC/C=C\CNC. The Bertz CT molecular complexity index is 348. The van der Waals surface area contributed by atoms with E-state index in [1.54, 1.807) is 0 Å². The molecule has 24 heavy (non-hydrogen) atoms.